The molecule has 0 aliphatic rings. The number of para-hydroxylation sites is 1. The highest BCUT2D eigenvalue weighted by molar-refractivity contribution is 7.13. The molecular weight excluding hydrogens is 382 g/mol. The lowest BCUT2D eigenvalue weighted by Gasteiger charge is -2.08. The predicted molar refractivity (Wildman–Crippen MR) is 114 cm³/mol. The molecule has 0 amide bonds. The largest absolute Gasteiger partial charge is 0.455 e. The lowest BCUT2D eigenvalue weighted by molar-refractivity contribution is 0.0470. The second kappa shape index (κ2) is 7.14. The fourth-order valence-electron chi connectivity index (χ4n) is 3.39. The van der Waals surface area contributed by atoms with Crippen LogP contribution in [0.4, 0.5) is 0 Å². The molecule has 0 atom stereocenters. The number of benzene rings is 1. The monoisotopic (exact) mass is 399 g/mol. The van der Waals surface area contributed by atoms with Crippen LogP contribution in [-0.2, 0) is 11.3 Å². The molecule has 29 heavy (non-hydrogen) atoms. The maximum Gasteiger partial charge on any atom is 0.339 e. The van der Waals surface area contributed by atoms with Gasteiger partial charge in [-0.1, -0.05) is 30.3 Å². The molecule has 0 saturated heterocycles. The van der Waals surface area contributed by atoms with Crippen molar-refractivity contribution in [3.63, 3.8) is 0 Å². The Hall–Kier alpha value is -3.51. The molecule has 142 valence electrons. The molecule has 0 bridgehead atoms. The molecule has 6 heteroatoms. The zero-order chi connectivity index (χ0) is 19.8. The van der Waals surface area contributed by atoms with E-state index in [4.69, 9.17) is 9.72 Å². The molecule has 5 nitrogen and oxygen atoms in total. The first kappa shape index (κ1) is 17.6. The number of hydrogen-bond acceptors (Lipinski definition) is 5. The highest BCUT2D eigenvalue weighted by atomic mass is 32.1. The minimum atomic E-state index is -0.379. The summed E-state index contributed by atoms with van der Waals surface area (Å²) < 4.78 is 7.56. The fourth-order valence-corrected chi connectivity index (χ4v) is 4.07. The molecule has 5 aromatic rings. The van der Waals surface area contributed by atoms with Crippen molar-refractivity contribution in [2.24, 2.45) is 0 Å². The Labute approximate surface area is 171 Å². The number of pyridine rings is 2. The summed E-state index contributed by atoms with van der Waals surface area (Å²) in [6.07, 6.45) is 3.82. The summed E-state index contributed by atoms with van der Waals surface area (Å²) >= 11 is 1.59. The van der Waals surface area contributed by atoms with Gasteiger partial charge in [0.05, 0.1) is 27.3 Å². The predicted octanol–water partition coefficient (Wildman–Crippen LogP) is 5.28. The van der Waals surface area contributed by atoms with Crippen molar-refractivity contribution in [3.05, 3.63) is 89.2 Å². The van der Waals surface area contributed by atoms with Gasteiger partial charge in [0.2, 0.25) is 0 Å². The van der Waals surface area contributed by atoms with Gasteiger partial charge in [0.1, 0.15) is 12.3 Å². The molecule has 0 N–H and O–H groups in total. The van der Waals surface area contributed by atoms with Gasteiger partial charge in [-0.3, -0.25) is 0 Å². The molecular formula is C23H17N3O2S. The van der Waals surface area contributed by atoms with E-state index in [9.17, 15) is 4.79 Å². The van der Waals surface area contributed by atoms with Crippen LogP contribution in [0.25, 0.3) is 27.1 Å². The Balaban J connectivity index is 1.47. The van der Waals surface area contributed by atoms with Crippen LogP contribution >= 0.6 is 11.3 Å². The Morgan fingerprint density at radius 1 is 1.10 bits per heavy atom. The lowest BCUT2D eigenvalue weighted by Crippen LogP contribution is -2.07. The van der Waals surface area contributed by atoms with Crippen LogP contribution in [0.15, 0.2) is 72.4 Å². The van der Waals surface area contributed by atoms with Crippen molar-refractivity contribution in [3.8, 4) is 10.6 Å². The van der Waals surface area contributed by atoms with Gasteiger partial charge >= 0.3 is 5.97 Å². The summed E-state index contributed by atoms with van der Waals surface area (Å²) in [7, 11) is 0. The zero-order valence-corrected chi connectivity index (χ0v) is 16.5. The Morgan fingerprint density at radius 2 is 2.00 bits per heavy atom. The van der Waals surface area contributed by atoms with Crippen molar-refractivity contribution in [1.82, 2.24) is 14.4 Å². The van der Waals surface area contributed by atoms with E-state index in [1.165, 1.54) is 0 Å². The van der Waals surface area contributed by atoms with E-state index in [0.29, 0.717) is 11.3 Å². The zero-order valence-electron chi connectivity index (χ0n) is 15.7. The van der Waals surface area contributed by atoms with Crippen LogP contribution in [0.5, 0.6) is 0 Å². The van der Waals surface area contributed by atoms with Gasteiger partial charge in [-0.2, -0.15) is 0 Å². The summed E-state index contributed by atoms with van der Waals surface area (Å²) in [6, 6.07) is 17.4. The second-order valence-electron chi connectivity index (χ2n) is 6.78. The molecule has 4 aromatic heterocycles. The van der Waals surface area contributed by atoms with E-state index in [0.717, 1.165) is 32.7 Å². The number of carbonyl (C=O) groups is 1. The molecule has 0 unspecified atom stereocenters. The maximum absolute atomic E-state index is 13.0. The highest BCUT2D eigenvalue weighted by Crippen LogP contribution is 2.28. The van der Waals surface area contributed by atoms with Crippen LogP contribution in [0.2, 0.25) is 0 Å². The van der Waals surface area contributed by atoms with E-state index in [1.54, 1.807) is 11.3 Å². The lowest BCUT2D eigenvalue weighted by atomic mass is 10.1. The van der Waals surface area contributed by atoms with Gasteiger partial charge in [-0.15, -0.1) is 11.3 Å². The topological polar surface area (TPSA) is 56.5 Å². The van der Waals surface area contributed by atoms with E-state index in [-0.39, 0.29) is 12.6 Å². The number of hydrogen-bond donors (Lipinski definition) is 0. The average molecular weight is 399 g/mol. The normalized spacial score (nSPS) is 11.2. The summed E-state index contributed by atoms with van der Waals surface area (Å²) in [5, 5.41) is 2.78. The number of imidazole rings is 1. The van der Waals surface area contributed by atoms with Gasteiger partial charge < -0.3 is 9.14 Å². The Morgan fingerprint density at radius 3 is 2.83 bits per heavy atom. The SMILES string of the molecule is Cc1cccn2cc(COC(=O)c3cc(-c4cccs4)nc4ccccc34)nc12. The van der Waals surface area contributed by atoms with E-state index in [2.05, 4.69) is 4.98 Å². The minimum absolute atomic E-state index is 0.116. The summed E-state index contributed by atoms with van der Waals surface area (Å²) in [5.74, 6) is -0.379. The molecule has 0 spiro atoms. The molecule has 1 aromatic carbocycles. The first-order chi connectivity index (χ1) is 14.2. The maximum atomic E-state index is 13.0. The number of carbonyl (C=O) groups excluding carboxylic acids is 1. The third-order valence-electron chi connectivity index (χ3n) is 4.79. The third kappa shape index (κ3) is 3.28. The van der Waals surface area contributed by atoms with Crippen molar-refractivity contribution >= 4 is 33.9 Å². The first-order valence-corrected chi connectivity index (χ1v) is 10.1. The second-order valence-corrected chi connectivity index (χ2v) is 7.73. The van der Waals surface area contributed by atoms with Crippen molar-refractivity contribution in [2.45, 2.75) is 13.5 Å². The standard InChI is InChI=1S/C23H17N3O2S/c1-15-6-4-10-26-13-16(24-22(15)26)14-28-23(27)18-12-20(21-9-5-11-29-21)25-19-8-3-2-7-17(18)19/h2-13H,14H2,1H3. The number of thiophene rings is 1. The Bertz CT molecular complexity index is 1340. The van der Waals surface area contributed by atoms with Crippen LogP contribution in [-0.4, -0.2) is 20.3 Å². The smallest absolute Gasteiger partial charge is 0.339 e. The summed E-state index contributed by atoms with van der Waals surface area (Å²) in [6.45, 7) is 2.12. The number of aromatic nitrogens is 3. The highest BCUT2D eigenvalue weighted by Gasteiger charge is 2.16. The van der Waals surface area contributed by atoms with E-state index >= 15 is 0 Å². The van der Waals surface area contributed by atoms with Gasteiger partial charge in [-0.05, 0) is 42.1 Å². The minimum Gasteiger partial charge on any atom is -0.455 e. The van der Waals surface area contributed by atoms with Gasteiger partial charge in [-0.25, -0.2) is 14.8 Å². The number of esters is 1. The van der Waals surface area contributed by atoms with E-state index in [1.807, 2.05) is 83.7 Å². The molecule has 0 aliphatic heterocycles. The van der Waals surface area contributed by atoms with Crippen molar-refractivity contribution in [1.29, 1.82) is 0 Å². The molecule has 0 fully saturated rings. The number of ether oxygens (including phenoxy) is 1. The van der Waals surface area contributed by atoms with Gasteiger partial charge in [0, 0.05) is 17.8 Å². The van der Waals surface area contributed by atoms with Crippen molar-refractivity contribution in [2.75, 3.05) is 0 Å². The summed E-state index contributed by atoms with van der Waals surface area (Å²) in [4.78, 5) is 23.2. The number of aryl methyl sites for hydroxylation is 1. The third-order valence-corrected chi connectivity index (χ3v) is 5.68. The van der Waals surface area contributed by atoms with E-state index < -0.39 is 0 Å². The fraction of sp³-hybridized carbons (Fsp3) is 0.0870. The molecule has 0 radical (unpaired) electrons. The molecule has 5 rings (SSSR count). The average Bonchev–Trinajstić information content (AvgIpc) is 3.42. The van der Waals surface area contributed by atoms with Gasteiger partial charge in [0.25, 0.3) is 0 Å². The molecule has 4 heterocycles. The quantitative estimate of drug-likeness (QED) is 0.386. The molecule has 0 saturated carbocycles. The number of fused-ring (bicyclic) bond motifs is 2. The first-order valence-electron chi connectivity index (χ1n) is 9.23. The van der Waals surface area contributed by atoms with Crippen LogP contribution in [0.1, 0.15) is 21.6 Å². The number of nitrogens with zero attached hydrogens (tertiary/aromatic N) is 3. The van der Waals surface area contributed by atoms with Crippen LogP contribution in [0, 0.1) is 6.92 Å². The van der Waals surface area contributed by atoms with Crippen molar-refractivity contribution < 1.29 is 9.53 Å². The van der Waals surface area contributed by atoms with Crippen LogP contribution in [0.3, 0.4) is 0 Å². The van der Waals surface area contributed by atoms with Gasteiger partial charge in [0.15, 0.2) is 0 Å². The summed E-state index contributed by atoms with van der Waals surface area (Å²) in [5.41, 5.74) is 4.71. The number of rotatable bonds is 4. The molecule has 0 aliphatic carbocycles. The Kier molecular flexibility index (Phi) is 4.33. The van der Waals surface area contributed by atoms with Crippen LogP contribution < -0.4 is 0 Å².